The van der Waals surface area contributed by atoms with Crippen molar-refractivity contribution >= 4 is 45.8 Å². The lowest BCUT2D eigenvalue weighted by Crippen LogP contribution is -2.07. The molecule has 0 atom stereocenters. The van der Waals surface area contributed by atoms with Gasteiger partial charge in [0.1, 0.15) is 2.88 Å². The van der Waals surface area contributed by atoms with E-state index in [1.807, 2.05) is 22.6 Å². The molecule has 0 aliphatic heterocycles. The smallest absolute Gasteiger partial charge is 0.360 e. The number of nitrogens with two attached hydrogens (primary N) is 1. The van der Waals surface area contributed by atoms with Crippen LogP contribution in [-0.4, -0.2) is 16.9 Å². The van der Waals surface area contributed by atoms with Gasteiger partial charge in [0.15, 0.2) is 5.69 Å². The first kappa shape index (κ1) is 9.72. The Morgan fingerprint density at radius 3 is 2.92 bits per heavy atom. The molecule has 2 N–H and O–H groups in total. The fourth-order valence-electron chi connectivity index (χ4n) is 0.624. The summed E-state index contributed by atoms with van der Waals surface area (Å²) in [7, 11) is 0. The zero-order chi connectivity index (χ0) is 9.14. The Labute approximate surface area is 87.4 Å². The molecule has 6 heteroatoms. The number of ether oxygens (including phenoxy) is 1. The highest BCUT2D eigenvalue weighted by molar-refractivity contribution is 14.1. The van der Waals surface area contributed by atoms with Gasteiger partial charge in [0.2, 0.25) is 0 Å². The summed E-state index contributed by atoms with van der Waals surface area (Å²) in [6.45, 7) is 2.08. The first-order valence-electron chi connectivity index (χ1n) is 3.24. The van der Waals surface area contributed by atoms with Gasteiger partial charge < -0.3 is 10.5 Å². The molecule has 0 aromatic carbocycles. The monoisotopic (exact) mass is 298 g/mol. The summed E-state index contributed by atoms with van der Waals surface area (Å²) in [5, 5.41) is 0. The molecule has 1 aromatic heterocycles. The number of nitrogens with zero attached hydrogens (tertiary/aromatic N) is 1. The van der Waals surface area contributed by atoms with Crippen LogP contribution < -0.4 is 5.73 Å². The van der Waals surface area contributed by atoms with Crippen molar-refractivity contribution < 1.29 is 9.53 Å². The predicted molar refractivity (Wildman–Crippen MR) is 55.2 cm³/mol. The van der Waals surface area contributed by atoms with Crippen molar-refractivity contribution in [1.82, 2.24) is 4.37 Å². The number of esters is 1. The Kier molecular flexibility index (Phi) is 3.27. The maximum absolute atomic E-state index is 11.1. The lowest BCUT2D eigenvalue weighted by atomic mass is 10.4. The van der Waals surface area contributed by atoms with E-state index in [9.17, 15) is 4.79 Å². The Hall–Kier alpha value is -0.370. The van der Waals surface area contributed by atoms with Crippen molar-refractivity contribution in [3.05, 3.63) is 8.58 Å². The normalized spacial score (nSPS) is 9.83. The number of hydrogen-bond acceptors (Lipinski definition) is 5. The zero-order valence-electron chi connectivity index (χ0n) is 6.33. The molecule has 0 saturated carbocycles. The summed E-state index contributed by atoms with van der Waals surface area (Å²) >= 11 is 3.23. The SMILES string of the molecule is CCOC(=O)c1nsc(I)c1N. The number of rotatable bonds is 2. The molecule has 1 rings (SSSR count). The molecule has 0 unspecified atom stereocenters. The maximum atomic E-state index is 11.1. The lowest BCUT2D eigenvalue weighted by Gasteiger charge is -1.97. The molecular formula is C6H7IN2O2S. The molecule has 0 spiro atoms. The van der Waals surface area contributed by atoms with E-state index in [0.717, 1.165) is 2.88 Å². The number of nitrogen functional groups attached to an aromatic ring is 1. The van der Waals surface area contributed by atoms with E-state index < -0.39 is 5.97 Å². The number of anilines is 1. The van der Waals surface area contributed by atoms with Crippen LogP contribution in [0.3, 0.4) is 0 Å². The summed E-state index contributed by atoms with van der Waals surface area (Å²) in [5.41, 5.74) is 6.22. The second-order valence-electron chi connectivity index (χ2n) is 1.94. The molecule has 0 fully saturated rings. The summed E-state index contributed by atoms with van der Waals surface area (Å²) in [6, 6.07) is 0. The molecule has 0 radical (unpaired) electrons. The van der Waals surface area contributed by atoms with Crippen LogP contribution in [0.1, 0.15) is 17.4 Å². The second kappa shape index (κ2) is 4.04. The third-order valence-electron chi connectivity index (χ3n) is 1.15. The molecule has 1 aromatic rings. The Balaban J connectivity index is 2.88. The van der Waals surface area contributed by atoms with E-state index >= 15 is 0 Å². The highest BCUT2D eigenvalue weighted by Crippen LogP contribution is 2.23. The van der Waals surface area contributed by atoms with Gasteiger partial charge >= 0.3 is 5.97 Å². The third kappa shape index (κ3) is 1.86. The number of halogens is 1. The summed E-state index contributed by atoms with van der Waals surface area (Å²) in [6.07, 6.45) is 0. The van der Waals surface area contributed by atoms with Gasteiger partial charge in [-0.15, -0.1) is 0 Å². The number of hydrogen-bond donors (Lipinski definition) is 1. The van der Waals surface area contributed by atoms with Crippen molar-refractivity contribution in [2.24, 2.45) is 0 Å². The zero-order valence-corrected chi connectivity index (χ0v) is 9.31. The van der Waals surface area contributed by atoms with Crippen molar-refractivity contribution in [3.63, 3.8) is 0 Å². The van der Waals surface area contributed by atoms with Crippen LogP contribution in [0.2, 0.25) is 0 Å². The quantitative estimate of drug-likeness (QED) is 0.664. The average Bonchev–Trinajstić information content (AvgIpc) is 2.34. The van der Waals surface area contributed by atoms with Crippen LogP contribution in [0, 0.1) is 2.88 Å². The minimum atomic E-state index is -0.450. The van der Waals surface area contributed by atoms with Crippen molar-refractivity contribution in [2.45, 2.75) is 6.92 Å². The minimum Gasteiger partial charge on any atom is -0.461 e. The molecule has 1 heterocycles. The van der Waals surface area contributed by atoms with Crippen molar-refractivity contribution in [3.8, 4) is 0 Å². The van der Waals surface area contributed by atoms with Gasteiger partial charge in [0.25, 0.3) is 0 Å². The van der Waals surface area contributed by atoms with Gasteiger partial charge in [0, 0.05) is 0 Å². The molecule has 12 heavy (non-hydrogen) atoms. The number of carbonyl (C=O) groups is 1. The topological polar surface area (TPSA) is 65.2 Å². The van der Waals surface area contributed by atoms with Gasteiger partial charge in [-0.05, 0) is 41.0 Å². The van der Waals surface area contributed by atoms with E-state index in [1.165, 1.54) is 11.5 Å². The van der Waals surface area contributed by atoms with E-state index in [2.05, 4.69) is 4.37 Å². The van der Waals surface area contributed by atoms with Gasteiger partial charge in [-0.1, -0.05) is 0 Å². The Bertz CT molecular complexity index is 300. The van der Waals surface area contributed by atoms with E-state index in [4.69, 9.17) is 10.5 Å². The van der Waals surface area contributed by atoms with Crippen LogP contribution >= 0.6 is 34.1 Å². The Morgan fingerprint density at radius 1 is 1.83 bits per heavy atom. The number of aromatic nitrogens is 1. The summed E-state index contributed by atoms with van der Waals surface area (Å²) in [5.74, 6) is -0.450. The lowest BCUT2D eigenvalue weighted by molar-refractivity contribution is 0.0522. The summed E-state index contributed by atoms with van der Waals surface area (Å²) in [4.78, 5) is 11.1. The molecule has 0 amide bonds. The second-order valence-corrected chi connectivity index (χ2v) is 4.52. The van der Waals surface area contributed by atoms with Crippen LogP contribution in [-0.2, 0) is 4.74 Å². The average molecular weight is 298 g/mol. The number of carbonyl (C=O) groups excluding carboxylic acids is 1. The van der Waals surface area contributed by atoms with Crippen LogP contribution in [0.4, 0.5) is 5.69 Å². The maximum Gasteiger partial charge on any atom is 0.360 e. The van der Waals surface area contributed by atoms with Crippen LogP contribution in [0.25, 0.3) is 0 Å². The Morgan fingerprint density at radius 2 is 2.50 bits per heavy atom. The molecule has 66 valence electrons. The van der Waals surface area contributed by atoms with Crippen molar-refractivity contribution in [1.29, 1.82) is 0 Å². The molecule has 0 aliphatic rings. The molecular weight excluding hydrogens is 291 g/mol. The molecule has 4 nitrogen and oxygen atoms in total. The molecule has 0 saturated heterocycles. The fourth-order valence-corrected chi connectivity index (χ4v) is 1.71. The largest absolute Gasteiger partial charge is 0.461 e. The molecule has 0 aliphatic carbocycles. The standard InChI is InChI=1S/C6H7IN2O2S/c1-2-11-6(10)4-3(8)5(7)12-9-4/h2,8H2,1H3. The first-order chi connectivity index (χ1) is 5.66. The molecule has 0 bridgehead atoms. The summed E-state index contributed by atoms with van der Waals surface area (Å²) < 4.78 is 9.43. The highest BCUT2D eigenvalue weighted by Gasteiger charge is 2.16. The highest BCUT2D eigenvalue weighted by atomic mass is 127. The van der Waals surface area contributed by atoms with Gasteiger partial charge in [-0.3, -0.25) is 0 Å². The van der Waals surface area contributed by atoms with Gasteiger partial charge in [-0.25, -0.2) is 4.79 Å². The van der Waals surface area contributed by atoms with E-state index in [1.54, 1.807) is 6.92 Å². The third-order valence-corrected chi connectivity index (χ3v) is 2.98. The van der Waals surface area contributed by atoms with Crippen molar-refractivity contribution in [2.75, 3.05) is 12.3 Å². The van der Waals surface area contributed by atoms with Gasteiger partial charge in [-0.2, -0.15) is 4.37 Å². The van der Waals surface area contributed by atoms with E-state index in [0.29, 0.717) is 12.3 Å². The minimum absolute atomic E-state index is 0.228. The fraction of sp³-hybridized carbons (Fsp3) is 0.333. The van der Waals surface area contributed by atoms with Crippen LogP contribution in [0.5, 0.6) is 0 Å². The van der Waals surface area contributed by atoms with Crippen LogP contribution in [0.15, 0.2) is 0 Å². The first-order valence-corrected chi connectivity index (χ1v) is 5.09. The predicted octanol–water partition coefficient (Wildman–Crippen LogP) is 1.51. The van der Waals surface area contributed by atoms with E-state index in [-0.39, 0.29) is 5.69 Å². The van der Waals surface area contributed by atoms with Gasteiger partial charge in [0.05, 0.1) is 12.3 Å².